The van der Waals surface area contributed by atoms with Gasteiger partial charge in [0.25, 0.3) is 0 Å². The van der Waals surface area contributed by atoms with Gasteiger partial charge in [0.15, 0.2) is 0 Å². The van der Waals surface area contributed by atoms with E-state index in [1.54, 1.807) is 6.07 Å². The third-order valence-electron chi connectivity index (χ3n) is 2.60. The number of amides is 1. The number of rotatable bonds is 3. The van der Waals surface area contributed by atoms with Crippen molar-refractivity contribution in [2.75, 3.05) is 11.9 Å². The number of aryl methyl sites for hydroxylation is 1. The lowest BCUT2D eigenvalue weighted by atomic mass is 10.1. The number of fused-ring (bicyclic) bond motifs is 1. The van der Waals surface area contributed by atoms with Crippen molar-refractivity contribution in [1.29, 1.82) is 0 Å². The van der Waals surface area contributed by atoms with Crippen molar-refractivity contribution < 1.29 is 14.3 Å². The first-order chi connectivity index (χ1) is 8.15. The molecule has 1 aromatic rings. The Hall–Kier alpha value is -1.84. The van der Waals surface area contributed by atoms with Gasteiger partial charge in [0.05, 0.1) is 13.0 Å². The van der Waals surface area contributed by atoms with E-state index in [9.17, 15) is 9.59 Å². The van der Waals surface area contributed by atoms with Crippen molar-refractivity contribution in [3.63, 3.8) is 0 Å². The molecule has 0 aromatic heterocycles. The lowest BCUT2D eigenvalue weighted by Crippen LogP contribution is -2.15. The minimum atomic E-state index is -0.269. The highest BCUT2D eigenvalue weighted by atomic mass is 16.5. The Labute approximate surface area is 100.0 Å². The van der Waals surface area contributed by atoms with E-state index in [1.807, 2.05) is 12.1 Å². The van der Waals surface area contributed by atoms with Crippen LogP contribution in [-0.4, -0.2) is 18.3 Å². The molecule has 0 bridgehead atoms. The van der Waals surface area contributed by atoms with Crippen LogP contribution in [0.4, 0.5) is 5.69 Å². The first-order valence-corrected chi connectivity index (χ1v) is 5.70. The predicted molar refractivity (Wildman–Crippen MR) is 64.2 cm³/mol. The number of carbonyl (C=O) groups is 2. The molecule has 4 nitrogen and oxygen atoms in total. The number of hydrogen-bond donors (Lipinski definition) is 1. The predicted octanol–water partition coefficient (Wildman–Crippen LogP) is 1.93. The number of ketones is 1. The van der Waals surface area contributed by atoms with Crippen LogP contribution in [0.25, 0.3) is 0 Å². The zero-order valence-corrected chi connectivity index (χ0v) is 9.79. The summed E-state index contributed by atoms with van der Waals surface area (Å²) in [6, 6.07) is 5.56. The van der Waals surface area contributed by atoms with Gasteiger partial charge >= 0.3 is 0 Å². The Balaban J connectivity index is 2.07. The van der Waals surface area contributed by atoms with Gasteiger partial charge in [0.1, 0.15) is 11.5 Å². The normalized spacial score (nSPS) is 13.5. The van der Waals surface area contributed by atoms with E-state index in [0.717, 1.165) is 36.4 Å². The quantitative estimate of drug-likeness (QED) is 0.811. The summed E-state index contributed by atoms with van der Waals surface area (Å²) < 4.78 is 5.48. The van der Waals surface area contributed by atoms with Crippen molar-refractivity contribution in [3.8, 4) is 5.75 Å². The molecule has 1 heterocycles. The molecule has 0 fully saturated rings. The van der Waals surface area contributed by atoms with Gasteiger partial charge in [-0.05, 0) is 43.5 Å². The zero-order chi connectivity index (χ0) is 12.3. The third kappa shape index (κ3) is 3.06. The molecule has 17 heavy (non-hydrogen) atoms. The Morgan fingerprint density at radius 1 is 1.41 bits per heavy atom. The van der Waals surface area contributed by atoms with E-state index in [-0.39, 0.29) is 18.1 Å². The molecule has 0 radical (unpaired) electrons. The molecule has 2 rings (SSSR count). The standard InChI is InChI=1S/C13H15NO3/c1-9(15)7-13(16)14-11-4-5-12-10(8-11)3-2-6-17-12/h4-5,8H,2-3,6-7H2,1H3,(H,14,16). The third-order valence-corrected chi connectivity index (χ3v) is 2.60. The van der Waals surface area contributed by atoms with E-state index in [0.29, 0.717) is 0 Å². The van der Waals surface area contributed by atoms with Crippen LogP contribution in [0.1, 0.15) is 25.3 Å². The maximum atomic E-state index is 11.4. The summed E-state index contributed by atoms with van der Waals surface area (Å²) in [6.45, 7) is 2.16. The Morgan fingerprint density at radius 3 is 3.00 bits per heavy atom. The van der Waals surface area contributed by atoms with Crippen LogP contribution in [0.2, 0.25) is 0 Å². The van der Waals surface area contributed by atoms with Gasteiger partial charge in [0, 0.05) is 5.69 Å². The van der Waals surface area contributed by atoms with Crippen molar-refractivity contribution >= 4 is 17.4 Å². The van der Waals surface area contributed by atoms with Crippen LogP contribution < -0.4 is 10.1 Å². The molecule has 1 aliphatic rings. The van der Waals surface area contributed by atoms with E-state index >= 15 is 0 Å². The summed E-state index contributed by atoms with van der Waals surface area (Å²) in [4.78, 5) is 22.2. The van der Waals surface area contributed by atoms with Crippen LogP contribution in [0.5, 0.6) is 5.75 Å². The molecule has 0 saturated carbocycles. The van der Waals surface area contributed by atoms with E-state index in [4.69, 9.17) is 4.74 Å². The number of benzene rings is 1. The highest BCUT2D eigenvalue weighted by Gasteiger charge is 2.12. The first kappa shape index (κ1) is 11.6. The van der Waals surface area contributed by atoms with Crippen LogP contribution in [-0.2, 0) is 16.0 Å². The minimum absolute atomic E-state index is 0.0758. The van der Waals surface area contributed by atoms with Gasteiger partial charge in [-0.3, -0.25) is 9.59 Å². The second-order valence-electron chi connectivity index (χ2n) is 4.20. The fraction of sp³-hybridized carbons (Fsp3) is 0.385. The summed E-state index contributed by atoms with van der Waals surface area (Å²) in [5, 5.41) is 2.71. The molecule has 1 aromatic carbocycles. The van der Waals surface area contributed by atoms with Gasteiger partial charge in [-0.1, -0.05) is 0 Å². The van der Waals surface area contributed by atoms with Gasteiger partial charge in [-0.25, -0.2) is 0 Å². The van der Waals surface area contributed by atoms with E-state index < -0.39 is 0 Å². The Morgan fingerprint density at radius 2 is 2.24 bits per heavy atom. The molecule has 1 aliphatic heterocycles. The van der Waals surface area contributed by atoms with Gasteiger partial charge in [-0.2, -0.15) is 0 Å². The summed E-state index contributed by atoms with van der Waals surface area (Å²) in [6.07, 6.45) is 1.89. The second-order valence-corrected chi connectivity index (χ2v) is 4.20. The largest absolute Gasteiger partial charge is 0.493 e. The average Bonchev–Trinajstić information content (AvgIpc) is 2.27. The van der Waals surface area contributed by atoms with E-state index in [2.05, 4.69) is 5.32 Å². The molecule has 0 saturated heterocycles. The van der Waals surface area contributed by atoms with Gasteiger partial charge < -0.3 is 10.1 Å². The van der Waals surface area contributed by atoms with Crippen molar-refractivity contribution in [2.45, 2.75) is 26.2 Å². The van der Waals surface area contributed by atoms with Gasteiger partial charge in [0.2, 0.25) is 5.91 Å². The van der Waals surface area contributed by atoms with Crippen LogP contribution in [0.15, 0.2) is 18.2 Å². The zero-order valence-electron chi connectivity index (χ0n) is 9.79. The van der Waals surface area contributed by atoms with E-state index in [1.165, 1.54) is 6.92 Å². The lowest BCUT2D eigenvalue weighted by Gasteiger charge is -2.17. The molecule has 90 valence electrons. The number of nitrogens with one attached hydrogen (secondary N) is 1. The van der Waals surface area contributed by atoms with Crippen molar-refractivity contribution in [3.05, 3.63) is 23.8 Å². The molecule has 0 unspecified atom stereocenters. The maximum Gasteiger partial charge on any atom is 0.231 e. The Kier molecular flexibility index (Phi) is 3.42. The average molecular weight is 233 g/mol. The number of Topliss-reactive ketones (excluding diaryl/α,β-unsaturated/α-hetero) is 1. The lowest BCUT2D eigenvalue weighted by molar-refractivity contribution is -0.124. The summed E-state index contributed by atoms with van der Waals surface area (Å²) >= 11 is 0. The van der Waals surface area contributed by atoms with Crippen LogP contribution in [0.3, 0.4) is 0 Å². The maximum absolute atomic E-state index is 11.4. The molecular weight excluding hydrogens is 218 g/mol. The fourth-order valence-corrected chi connectivity index (χ4v) is 1.87. The number of hydrogen-bond acceptors (Lipinski definition) is 3. The topological polar surface area (TPSA) is 55.4 Å². The highest BCUT2D eigenvalue weighted by Crippen LogP contribution is 2.27. The summed E-state index contributed by atoms with van der Waals surface area (Å²) in [5.41, 5.74) is 1.83. The van der Waals surface area contributed by atoms with Crippen LogP contribution >= 0.6 is 0 Å². The van der Waals surface area contributed by atoms with Crippen molar-refractivity contribution in [1.82, 2.24) is 0 Å². The van der Waals surface area contributed by atoms with Crippen molar-refractivity contribution in [2.24, 2.45) is 0 Å². The second kappa shape index (κ2) is 4.99. The fourth-order valence-electron chi connectivity index (χ4n) is 1.87. The molecule has 1 amide bonds. The van der Waals surface area contributed by atoms with Gasteiger partial charge in [-0.15, -0.1) is 0 Å². The molecular formula is C13H15NO3. The molecule has 0 spiro atoms. The molecule has 1 N–H and O–H groups in total. The summed E-state index contributed by atoms with van der Waals surface area (Å²) in [7, 11) is 0. The number of ether oxygens (including phenoxy) is 1. The van der Waals surface area contributed by atoms with Crippen LogP contribution in [0, 0.1) is 0 Å². The minimum Gasteiger partial charge on any atom is -0.493 e. The SMILES string of the molecule is CC(=O)CC(=O)Nc1ccc2c(c1)CCCO2. The number of anilines is 1. The smallest absolute Gasteiger partial charge is 0.231 e. The first-order valence-electron chi connectivity index (χ1n) is 5.70. The molecule has 4 heteroatoms. The Bertz CT molecular complexity index is 454. The summed E-state index contributed by atoms with van der Waals surface area (Å²) in [5.74, 6) is 0.485. The highest BCUT2D eigenvalue weighted by molar-refractivity contribution is 6.03. The monoisotopic (exact) mass is 233 g/mol. The molecule has 0 aliphatic carbocycles. The number of carbonyl (C=O) groups excluding carboxylic acids is 2. The molecule has 0 atom stereocenters.